The zero-order valence-electron chi connectivity index (χ0n) is 17.5. The molecule has 5 rings (SSSR count). The molecule has 31 heavy (non-hydrogen) atoms. The van der Waals surface area contributed by atoms with Gasteiger partial charge in [0.15, 0.2) is 0 Å². The van der Waals surface area contributed by atoms with Crippen molar-refractivity contribution >= 4 is 23.6 Å². The molecule has 0 saturated heterocycles. The summed E-state index contributed by atoms with van der Waals surface area (Å²) in [4.78, 5) is 17.1. The highest BCUT2D eigenvalue weighted by atomic mass is 16.5. The molecule has 0 spiro atoms. The lowest BCUT2D eigenvalue weighted by molar-refractivity contribution is 0.0601. The molecule has 0 unspecified atom stereocenters. The number of pyridine rings is 1. The fraction of sp³-hybridized carbons (Fsp3) is 0.231. The lowest BCUT2D eigenvalue weighted by Gasteiger charge is -2.13. The Balaban J connectivity index is 1.54. The first-order valence-electron chi connectivity index (χ1n) is 10.7. The summed E-state index contributed by atoms with van der Waals surface area (Å²) in [5.41, 5.74) is 3.87. The van der Waals surface area contributed by atoms with Crippen LogP contribution in [0, 0.1) is 0 Å². The Morgan fingerprint density at radius 1 is 1.23 bits per heavy atom. The van der Waals surface area contributed by atoms with Crippen LogP contribution >= 0.6 is 0 Å². The van der Waals surface area contributed by atoms with Gasteiger partial charge < -0.3 is 14.6 Å². The van der Waals surface area contributed by atoms with Gasteiger partial charge in [-0.3, -0.25) is 0 Å². The van der Waals surface area contributed by atoms with Gasteiger partial charge >= 0.3 is 5.97 Å². The van der Waals surface area contributed by atoms with E-state index < -0.39 is 0 Å². The Bertz CT molecular complexity index is 1270. The molecule has 3 aromatic rings. The number of esters is 1. The average molecular weight is 412 g/mol. The SMILES string of the molecule is COC(=O)c1cc(C2CC2)cnc1NC1=c2ccn(Cc3ccccc3)c2=CC=CC1. The smallest absolute Gasteiger partial charge is 0.341 e. The number of nitrogens with zero attached hydrogens (tertiary/aromatic N) is 2. The van der Waals surface area contributed by atoms with Crippen molar-refractivity contribution in [2.24, 2.45) is 0 Å². The van der Waals surface area contributed by atoms with Crippen LogP contribution in [0.3, 0.4) is 0 Å². The van der Waals surface area contributed by atoms with Gasteiger partial charge in [0.25, 0.3) is 0 Å². The lowest BCUT2D eigenvalue weighted by Crippen LogP contribution is -2.32. The minimum atomic E-state index is -0.365. The van der Waals surface area contributed by atoms with Crippen molar-refractivity contribution in [1.29, 1.82) is 0 Å². The summed E-state index contributed by atoms with van der Waals surface area (Å²) < 4.78 is 7.28. The fourth-order valence-electron chi connectivity index (χ4n) is 4.05. The summed E-state index contributed by atoms with van der Waals surface area (Å²) in [6.07, 6.45) is 13.4. The summed E-state index contributed by atoms with van der Waals surface area (Å²) in [6.45, 7) is 0.801. The van der Waals surface area contributed by atoms with Gasteiger partial charge in [-0.1, -0.05) is 42.5 Å². The Hall–Kier alpha value is -3.60. The summed E-state index contributed by atoms with van der Waals surface area (Å²) in [7, 11) is 1.41. The normalized spacial score (nSPS) is 15.1. The second kappa shape index (κ2) is 8.26. The van der Waals surface area contributed by atoms with Crippen LogP contribution in [0.5, 0.6) is 0 Å². The van der Waals surface area contributed by atoms with E-state index in [0.717, 1.165) is 47.6 Å². The third kappa shape index (κ3) is 4.04. The summed E-state index contributed by atoms with van der Waals surface area (Å²) in [5, 5.41) is 5.69. The van der Waals surface area contributed by atoms with Gasteiger partial charge in [-0.25, -0.2) is 9.78 Å². The molecule has 0 bridgehead atoms. The first kappa shape index (κ1) is 19.4. The summed E-state index contributed by atoms with van der Waals surface area (Å²) in [6, 6.07) is 14.5. The van der Waals surface area contributed by atoms with Crippen LogP contribution < -0.4 is 15.9 Å². The molecule has 2 aliphatic carbocycles. The second-order valence-electron chi connectivity index (χ2n) is 8.06. The van der Waals surface area contributed by atoms with Crippen molar-refractivity contribution in [1.82, 2.24) is 9.55 Å². The van der Waals surface area contributed by atoms with Crippen LogP contribution in [-0.4, -0.2) is 22.6 Å². The number of methoxy groups -OCH3 is 1. The zero-order valence-corrected chi connectivity index (χ0v) is 17.5. The van der Waals surface area contributed by atoms with E-state index in [-0.39, 0.29) is 5.97 Å². The molecule has 156 valence electrons. The molecule has 0 aliphatic heterocycles. The molecular weight excluding hydrogens is 386 g/mol. The van der Waals surface area contributed by atoms with Crippen LogP contribution in [0.25, 0.3) is 11.8 Å². The van der Waals surface area contributed by atoms with E-state index in [0.29, 0.717) is 17.3 Å². The van der Waals surface area contributed by atoms with Gasteiger partial charge in [0.2, 0.25) is 0 Å². The van der Waals surface area contributed by atoms with Crippen LogP contribution in [-0.2, 0) is 11.3 Å². The number of ether oxygens (including phenoxy) is 1. The van der Waals surface area contributed by atoms with Crippen molar-refractivity contribution < 1.29 is 9.53 Å². The second-order valence-corrected chi connectivity index (χ2v) is 8.06. The van der Waals surface area contributed by atoms with E-state index >= 15 is 0 Å². The van der Waals surface area contributed by atoms with Gasteiger partial charge in [-0.15, -0.1) is 0 Å². The number of hydrogen-bond donors (Lipinski definition) is 1. The highest BCUT2D eigenvalue weighted by molar-refractivity contribution is 5.96. The number of fused-ring (bicyclic) bond motifs is 1. The van der Waals surface area contributed by atoms with Crippen LogP contribution in [0.2, 0.25) is 0 Å². The Labute approximate surface area is 181 Å². The number of allylic oxidation sites excluding steroid dienone is 1. The Morgan fingerprint density at radius 2 is 2.06 bits per heavy atom. The largest absolute Gasteiger partial charge is 0.465 e. The molecule has 0 amide bonds. The summed E-state index contributed by atoms with van der Waals surface area (Å²) in [5.74, 6) is 0.700. The third-order valence-corrected chi connectivity index (χ3v) is 5.87. The topological polar surface area (TPSA) is 56.1 Å². The van der Waals surface area contributed by atoms with Gasteiger partial charge in [0.05, 0.1) is 12.5 Å². The first-order chi connectivity index (χ1) is 15.2. The molecular formula is C26H25N3O2. The van der Waals surface area contributed by atoms with E-state index in [9.17, 15) is 4.79 Å². The van der Waals surface area contributed by atoms with Crippen molar-refractivity contribution in [2.45, 2.75) is 31.7 Å². The minimum Gasteiger partial charge on any atom is -0.465 e. The molecule has 0 radical (unpaired) electrons. The van der Waals surface area contributed by atoms with Gasteiger partial charge in [0.1, 0.15) is 11.4 Å². The molecule has 1 saturated carbocycles. The molecule has 1 N–H and O–H groups in total. The third-order valence-electron chi connectivity index (χ3n) is 5.87. The van der Waals surface area contributed by atoms with Crippen LogP contribution in [0.1, 0.15) is 46.7 Å². The molecule has 0 atom stereocenters. The van der Waals surface area contributed by atoms with Crippen molar-refractivity contribution in [3.63, 3.8) is 0 Å². The standard InChI is InChI=1S/C26H25N3O2/c1-31-26(30)22-15-20(19-11-12-19)16-27-25(22)28-23-9-5-6-10-24-21(23)13-14-29(24)17-18-7-3-2-4-8-18/h2-8,10,13-16,19H,9,11-12,17H2,1H3,(H,27,28). The Kier molecular flexibility index (Phi) is 5.16. The van der Waals surface area contributed by atoms with E-state index in [1.807, 2.05) is 18.3 Å². The van der Waals surface area contributed by atoms with Crippen molar-refractivity contribution in [3.05, 3.63) is 94.3 Å². The molecule has 2 aromatic heterocycles. The molecule has 2 heterocycles. The molecule has 1 aromatic carbocycles. The lowest BCUT2D eigenvalue weighted by atomic mass is 10.1. The number of aromatic nitrogens is 2. The van der Waals surface area contributed by atoms with E-state index in [2.05, 4.69) is 69.6 Å². The molecule has 2 aliphatic rings. The van der Waals surface area contributed by atoms with E-state index in [4.69, 9.17) is 4.74 Å². The highest BCUT2D eigenvalue weighted by Gasteiger charge is 2.26. The quantitative estimate of drug-likeness (QED) is 0.630. The maximum atomic E-state index is 12.5. The molecule has 5 heteroatoms. The molecule has 1 fully saturated rings. The van der Waals surface area contributed by atoms with Gasteiger partial charge in [-0.2, -0.15) is 0 Å². The predicted octanol–water partition coefficient (Wildman–Crippen LogP) is 3.56. The number of nitrogens with one attached hydrogen (secondary N) is 1. The van der Waals surface area contributed by atoms with Crippen molar-refractivity contribution in [3.8, 4) is 0 Å². The number of anilines is 1. The average Bonchev–Trinajstić information content (AvgIpc) is 3.61. The number of rotatable bonds is 6. The number of benzene rings is 1. The van der Waals surface area contributed by atoms with Crippen molar-refractivity contribution in [2.75, 3.05) is 12.4 Å². The van der Waals surface area contributed by atoms with E-state index in [1.165, 1.54) is 12.7 Å². The maximum absolute atomic E-state index is 12.5. The maximum Gasteiger partial charge on any atom is 0.341 e. The Morgan fingerprint density at radius 3 is 2.84 bits per heavy atom. The zero-order chi connectivity index (χ0) is 21.2. The van der Waals surface area contributed by atoms with Crippen LogP contribution in [0.4, 0.5) is 5.82 Å². The van der Waals surface area contributed by atoms with Gasteiger partial charge in [0, 0.05) is 36.3 Å². The highest BCUT2D eigenvalue weighted by Crippen LogP contribution is 2.40. The predicted molar refractivity (Wildman–Crippen MR) is 122 cm³/mol. The van der Waals surface area contributed by atoms with E-state index in [1.54, 1.807) is 0 Å². The monoisotopic (exact) mass is 411 g/mol. The number of carbonyl (C=O) groups is 1. The summed E-state index contributed by atoms with van der Waals surface area (Å²) >= 11 is 0. The van der Waals surface area contributed by atoms with Crippen LogP contribution in [0.15, 0.2) is 67.0 Å². The minimum absolute atomic E-state index is 0.365. The number of hydrogen-bond acceptors (Lipinski definition) is 4. The first-order valence-corrected chi connectivity index (χ1v) is 10.7. The van der Waals surface area contributed by atoms with Gasteiger partial charge in [-0.05, 0) is 48.1 Å². The number of carbonyl (C=O) groups excluding carboxylic acids is 1. The molecule has 5 nitrogen and oxygen atoms in total. The fourth-order valence-corrected chi connectivity index (χ4v) is 4.05.